The first-order chi connectivity index (χ1) is 22.3. The number of hydrogen-bond donors (Lipinski definition) is 2. The number of thiazole rings is 2. The van der Waals surface area contributed by atoms with E-state index in [1.165, 1.54) is 22.7 Å². The Bertz CT molecular complexity index is 2020. The van der Waals surface area contributed by atoms with Crippen LogP contribution < -0.4 is 0 Å². The fourth-order valence-electron chi connectivity index (χ4n) is 4.46. The van der Waals surface area contributed by atoms with E-state index in [0.717, 1.165) is 27.6 Å². The molecule has 0 spiro atoms. The van der Waals surface area contributed by atoms with Gasteiger partial charge in [-0.2, -0.15) is 0 Å². The first-order valence-corrected chi connectivity index (χ1v) is 16.9. The van der Waals surface area contributed by atoms with Gasteiger partial charge in [0.25, 0.3) is 0 Å². The van der Waals surface area contributed by atoms with Crippen LogP contribution in [-0.2, 0) is 15.9 Å². The zero-order chi connectivity index (χ0) is 32.8. The molecule has 0 aliphatic heterocycles. The maximum Gasteiger partial charge on any atom is 0.360 e. The predicted octanol–water partition coefficient (Wildman–Crippen LogP) is 8.20. The number of pyridine rings is 2. The highest BCUT2D eigenvalue weighted by Gasteiger charge is 2.24. The molecular weight excluding hydrogens is 692 g/mol. The fraction of sp³-hybridized carbons (Fsp3) is 0.212. The number of carbonyl (C=O) groups is 2. The standard InChI is InChI=1S/C18H18N2O3S.C15H11BrN2O3S/c1-3-8-12-13-16(15(21)14(19-12)18(22)23-4-2)24-17(20-13)11-9-6-5-7-10-11;1-2-21-15(20)9-11(19)12-10(13(16)17-9)18-14(22-12)8-6-4-3-5-7-8/h5-7,9-10,21H,3-4,8H2,1-2H3;3-7,19H,2H2,1H3. The van der Waals surface area contributed by atoms with E-state index in [1.807, 2.05) is 67.6 Å². The lowest BCUT2D eigenvalue weighted by molar-refractivity contribution is 0.0506. The van der Waals surface area contributed by atoms with Gasteiger partial charge in [-0.1, -0.05) is 74.0 Å². The fourth-order valence-corrected chi connectivity index (χ4v) is 7.11. The Balaban J connectivity index is 0.000000182. The number of aromatic nitrogens is 4. The summed E-state index contributed by atoms with van der Waals surface area (Å²) in [4.78, 5) is 41.5. The quantitative estimate of drug-likeness (QED) is 0.117. The topological polar surface area (TPSA) is 145 Å². The maximum atomic E-state index is 12.1. The number of hydrogen-bond acceptors (Lipinski definition) is 12. The molecule has 0 atom stereocenters. The number of rotatable bonds is 8. The minimum absolute atomic E-state index is 0.0314. The molecule has 6 aromatic rings. The Kier molecular flexibility index (Phi) is 10.6. The zero-order valence-corrected chi connectivity index (χ0v) is 28.3. The Morgan fingerprint density at radius 1 is 0.696 bits per heavy atom. The van der Waals surface area contributed by atoms with Gasteiger partial charge in [0, 0.05) is 11.1 Å². The third-order valence-electron chi connectivity index (χ3n) is 6.52. The summed E-state index contributed by atoms with van der Waals surface area (Å²) in [5, 5.41) is 22.4. The second-order valence-corrected chi connectivity index (χ2v) is 12.4. The zero-order valence-electron chi connectivity index (χ0n) is 25.1. The van der Waals surface area contributed by atoms with E-state index in [0.29, 0.717) is 37.2 Å². The van der Waals surface area contributed by atoms with Crippen molar-refractivity contribution in [3.05, 3.63) is 82.3 Å². The van der Waals surface area contributed by atoms with E-state index in [9.17, 15) is 19.8 Å². The van der Waals surface area contributed by atoms with Crippen LogP contribution in [0.15, 0.2) is 65.3 Å². The van der Waals surface area contributed by atoms with Crippen molar-refractivity contribution in [2.75, 3.05) is 13.2 Å². The molecule has 236 valence electrons. The molecule has 0 saturated carbocycles. The number of fused-ring (bicyclic) bond motifs is 2. The number of nitrogens with zero attached hydrogens (tertiary/aromatic N) is 4. The number of aromatic hydroxyl groups is 2. The monoisotopic (exact) mass is 720 g/mol. The molecule has 0 amide bonds. The van der Waals surface area contributed by atoms with Crippen LogP contribution >= 0.6 is 38.6 Å². The van der Waals surface area contributed by atoms with E-state index in [2.05, 4.69) is 35.9 Å². The molecule has 0 fully saturated rings. The van der Waals surface area contributed by atoms with Gasteiger partial charge >= 0.3 is 11.9 Å². The average Bonchev–Trinajstić information content (AvgIpc) is 3.73. The summed E-state index contributed by atoms with van der Waals surface area (Å²) in [6, 6.07) is 19.4. The molecule has 0 saturated heterocycles. The van der Waals surface area contributed by atoms with E-state index >= 15 is 0 Å². The molecule has 2 N–H and O–H groups in total. The van der Waals surface area contributed by atoms with Gasteiger partial charge in [-0.05, 0) is 36.2 Å². The summed E-state index contributed by atoms with van der Waals surface area (Å²) >= 11 is 5.96. The number of halogens is 1. The summed E-state index contributed by atoms with van der Waals surface area (Å²) in [6.07, 6.45) is 1.55. The summed E-state index contributed by atoms with van der Waals surface area (Å²) in [5.74, 6) is -1.61. The van der Waals surface area contributed by atoms with E-state index < -0.39 is 11.9 Å². The summed E-state index contributed by atoms with van der Waals surface area (Å²) in [7, 11) is 0. The predicted molar refractivity (Wildman–Crippen MR) is 183 cm³/mol. The largest absolute Gasteiger partial charge is 0.504 e. The van der Waals surface area contributed by atoms with Crippen LogP contribution in [0.3, 0.4) is 0 Å². The van der Waals surface area contributed by atoms with Gasteiger partial charge < -0.3 is 19.7 Å². The molecule has 0 aliphatic carbocycles. The summed E-state index contributed by atoms with van der Waals surface area (Å²) < 4.78 is 11.4. The molecule has 13 heteroatoms. The van der Waals surface area contributed by atoms with Crippen molar-refractivity contribution in [3.8, 4) is 32.6 Å². The molecule has 4 aromatic heterocycles. The first kappa shape index (κ1) is 32.9. The van der Waals surface area contributed by atoms with E-state index in [1.54, 1.807) is 13.8 Å². The highest BCUT2D eigenvalue weighted by molar-refractivity contribution is 9.10. The SMILES string of the molecule is CCCc1nc(C(=O)OCC)c(O)c2sc(-c3ccccc3)nc12.CCOC(=O)c1nc(Br)c2nc(-c3ccccc3)sc2c1O. The number of esters is 2. The second kappa shape index (κ2) is 14.8. The van der Waals surface area contributed by atoms with Gasteiger partial charge in [-0.25, -0.2) is 29.5 Å². The van der Waals surface area contributed by atoms with Gasteiger partial charge in [-0.15, -0.1) is 22.7 Å². The smallest absolute Gasteiger partial charge is 0.360 e. The Labute approximate surface area is 280 Å². The summed E-state index contributed by atoms with van der Waals surface area (Å²) in [6.45, 7) is 5.91. The van der Waals surface area contributed by atoms with Crippen LogP contribution in [0.5, 0.6) is 11.5 Å². The number of benzene rings is 2. The van der Waals surface area contributed by atoms with Gasteiger partial charge in [0.15, 0.2) is 22.9 Å². The second-order valence-electron chi connectivity index (χ2n) is 9.67. The third kappa shape index (κ3) is 6.86. The highest BCUT2D eigenvalue weighted by atomic mass is 79.9. The molecule has 4 heterocycles. The summed E-state index contributed by atoms with van der Waals surface area (Å²) in [5.41, 5.74) is 3.67. The lowest BCUT2D eigenvalue weighted by Gasteiger charge is -2.07. The molecule has 6 rings (SSSR count). The molecule has 2 aromatic carbocycles. The minimum atomic E-state index is -0.655. The van der Waals surface area contributed by atoms with E-state index in [4.69, 9.17) is 9.47 Å². The number of ether oxygens (including phenoxy) is 2. The van der Waals surface area contributed by atoms with Crippen molar-refractivity contribution in [1.82, 2.24) is 19.9 Å². The van der Waals surface area contributed by atoms with Crippen LogP contribution in [0.1, 0.15) is 53.9 Å². The van der Waals surface area contributed by atoms with Gasteiger partial charge in [-0.3, -0.25) is 0 Å². The van der Waals surface area contributed by atoms with Crippen molar-refractivity contribution < 1.29 is 29.3 Å². The van der Waals surface area contributed by atoms with Crippen molar-refractivity contribution >= 4 is 71.0 Å². The maximum absolute atomic E-state index is 12.1. The van der Waals surface area contributed by atoms with Crippen molar-refractivity contribution in [3.63, 3.8) is 0 Å². The lowest BCUT2D eigenvalue weighted by atomic mass is 10.2. The van der Waals surface area contributed by atoms with E-state index in [-0.39, 0.29) is 36.1 Å². The third-order valence-corrected chi connectivity index (χ3v) is 9.30. The molecule has 0 aliphatic rings. The molecule has 0 bridgehead atoms. The Morgan fingerprint density at radius 3 is 1.63 bits per heavy atom. The molecule has 0 radical (unpaired) electrons. The lowest BCUT2D eigenvalue weighted by Crippen LogP contribution is -2.09. The van der Waals surface area contributed by atoms with Crippen molar-refractivity contribution in [2.24, 2.45) is 0 Å². The molecule has 46 heavy (non-hydrogen) atoms. The van der Waals surface area contributed by atoms with Crippen LogP contribution in [0.2, 0.25) is 0 Å². The van der Waals surface area contributed by atoms with Crippen LogP contribution in [0, 0.1) is 0 Å². The minimum Gasteiger partial charge on any atom is -0.504 e. The Morgan fingerprint density at radius 2 is 1.15 bits per heavy atom. The van der Waals surface area contributed by atoms with Crippen molar-refractivity contribution in [1.29, 1.82) is 0 Å². The normalized spacial score (nSPS) is 10.9. The Hall–Kier alpha value is -4.46. The van der Waals surface area contributed by atoms with Crippen LogP contribution in [-0.4, -0.2) is 55.3 Å². The van der Waals surface area contributed by atoms with Gasteiger partial charge in [0.2, 0.25) is 0 Å². The van der Waals surface area contributed by atoms with Crippen LogP contribution in [0.25, 0.3) is 41.6 Å². The van der Waals surface area contributed by atoms with Crippen molar-refractivity contribution in [2.45, 2.75) is 33.6 Å². The average molecular weight is 722 g/mol. The molecule has 0 unspecified atom stereocenters. The highest BCUT2D eigenvalue weighted by Crippen LogP contribution is 2.40. The molecular formula is C33H29BrN4O6S2. The van der Waals surface area contributed by atoms with Gasteiger partial charge in [0.1, 0.15) is 35.1 Å². The number of aryl methyl sites for hydroxylation is 1. The van der Waals surface area contributed by atoms with Gasteiger partial charge in [0.05, 0.1) is 18.9 Å². The van der Waals surface area contributed by atoms with Crippen LogP contribution in [0.4, 0.5) is 0 Å². The number of carbonyl (C=O) groups excluding carboxylic acids is 2. The molecule has 10 nitrogen and oxygen atoms in total. The first-order valence-electron chi connectivity index (χ1n) is 14.4.